The molecular formula is C16H17N5O2. The third-order valence-corrected chi connectivity index (χ3v) is 4.51. The standard InChI is InChI=1S/C16H17N5O2/c1-19-13-12(14(22)20(2)16(19)23)17-15(18-13)21-8-7-10-5-3-4-6-11(10)9-21/h3-6H,7-9H2,1-2H3,(H,17,18). The van der Waals surface area contributed by atoms with E-state index in [1.54, 1.807) is 7.05 Å². The number of nitrogens with one attached hydrogen (secondary N) is 1. The summed E-state index contributed by atoms with van der Waals surface area (Å²) in [5.41, 5.74) is 2.66. The first-order valence-electron chi connectivity index (χ1n) is 7.53. The van der Waals surface area contributed by atoms with E-state index >= 15 is 0 Å². The van der Waals surface area contributed by atoms with Crippen LogP contribution in [0.5, 0.6) is 0 Å². The van der Waals surface area contributed by atoms with E-state index in [9.17, 15) is 9.59 Å². The fraction of sp³-hybridized carbons (Fsp3) is 0.312. The van der Waals surface area contributed by atoms with Gasteiger partial charge >= 0.3 is 5.69 Å². The Labute approximate surface area is 131 Å². The van der Waals surface area contributed by atoms with Gasteiger partial charge in [-0.05, 0) is 17.5 Å². The second-order valence-corrected chi connectivity index (χ2v) is 5.91. The maximum absolute atomic E-state index is 12.3. The van der Waals surface area contributed by atoms with Crippen molar-refractivity contribution in [3.63, 3.8) is 0 Å². The van der Waals surface area contributed by atoms with Gasteiger partial charge in [0.15, 0.2) is 11.2 Å². The second kappa shape index (κ2) is 4.84. The third kappa shape index (κ3) is 2.00. The van der Waals surface area contributed by atoms with Gasteiger partial charge in [-0.15, -0.1) is 0 Å². The zero-order valence-corrected chi connectivity index (χ0v) is 13.0. The van der Waals surface area contributed by atoms with Crippen molar-refractivity contribution >= 4 is 17.1 Å². The Balaban J connectivity index is 1.83. The van der Waals surface area contributed by atoms with Gasteiger partial charge in [0.05, 0.1) is 0 Å². The van der Waals surface area contributed by atoms with E-state index in [4.69, 9.17) is 0 Å². The average molecular weight is 311 g/mol. The molecule has 1 aromatic carbocycles. The minimum Gasteiger partial charge on any atom is -0.338 e. The lowest BCUT2D eigenvalue weighted by Gasteiger charge is -2.28. The maximum Gasteiger partial charge on any atom is 0.332 e. The van der Waals surface area contributed by atoms with Crippen LogP contribution >= 0.6 is 0 Å². The van der Waals surface area contributed by atoms with Crippen LogP contribution in [0.2, 0.25) is 0 Å². The summed E-state index contributed by atoms with van der Waals surface area (Å²) in [6, 6.07) is 8.33. The third-order valence-electron chi connectivity index (χ3n) is 4.51. The summed E-state index contributed by atoms with van der Waals surface area (Å²) in [6.45, 7) is 1.56. The summed E-state index contributed by atoms with van der Waals surface area (Å²) in [7, 11) is 3.10. The van der Waals surface area contributed by atoms with E-state index in [0.717, 1.165) is 24.1 Å². The van der Waals surface area contributed by atoms with Crippen molar-refractivity contribution in [3.8, 4) is 0 Å². The highest BCUT2D eigenvalue weighted by Gasteiger charge is 2.21. The molecule has 1 aliphatic heterocycles. The van der Waals surface area contributed by atoms with E-state index < -0.39 is 0 Å². The fourth-order valence-corrected chi connectivity index (χ4v) is 3.14. The molecule has 23 heavy (non-hydrogen) atoms. The van der Waals surface area contributed by atoms with Gasteiger partial charge in [-0.3, -0.25) is 13.9 Å². The van der Waals surface area contributed by atoms with Gasteiger partial charge < -0.3 is 9.88 Å². The van der Waals surface area contributed by atoms with E-state index in [1.807, 2.05) is 6.07 Å². The van der Waals surface area contributed by atoms with Crippen LogP contribution in [0.3, 0.4) is 0 Å². The lowest BCUT2D eigenvalue weighted by Crippen LogP contribution is -2.36. The van der Waals surface area contributed by atoms with E-state index in [0.29, 0.717) is 17.1 Å². The maximum atomic E-state index is 12.3. The highest BCUT2D eigenvalue weighted by atomic mass is 16.2. The van der Waals surface area contributed by atoms with Gasteiger partial charge in [0.2, 0.25) is 5.95 Å². The second-order valence-electron chi connectivity index (χ2n) is 5.91. The summed E-state index contributed by atoms with van der Waals surface area (Å²) in [5.74, 6) is 0.632. The minimum atomic E-state index is -0.371. The highest BCUT2D eigenvalue weighted by molar-refractivity contribution is 5.73. The number of rotatable bonds is 1. The number of fused-ring (bicyclic) bond motifs is 2. The van der Waals surface area contributed by atoms with Crippen LogP contribution in [0.25, 0.3) is 11.2 Å². The van der Waals surface area contributed by atoms with Crippen molar-refractivity contribution in [2.75, 3.05) is 11.4 Å². The van der Waals surface area contributed by atoms with Crippen molar-refractivity contribution in [2.45, 2.75) is 13.0 Å². The number of aromatic nitrogens is 4. The van der Waals surface area contributed by atoms with Crippen molar-refractivity contribution in [2.24, 2.45) is 14.1 Å². The van der Waals surface area contributed by atoms with Crippen LogP contribution in [0.15, 0.2) is 33.9 Å². The zero-order valence-electron chi connectivity index (χ0n) is 13.0. The molecule has 0 aliphatic carbocycles. The Hall–Kier alpha value is -2.83. The van der Waals surface area contributed by atoms with Gasteiger partial charge in [0.25, 0.3) is 5.56 Å². The van der Waals surface area contributed by atoms with Crippen LogP contribution in [0.1, 0.15) is 11.1 Å². The van der Waals surface area contributed by atoms with Crippen molar-refractivity contribution in [3.05, 3.63) is 56.2 Å². The Morgan fingerprint density at radius 3 is 2.61 bits per heavy atom. The Kier molecular flexibility index (Phi) is 2.90. The molecule has 1 N–H and O–H groups in total. The predicted molar refractivity (Wildman–Crippen MR) is 87.8 cm³/mol. The number of benzene rings is 1. The molecule has 0 saturated heterocycles. The lowest BCUT2D eigenvalue weighted by atomic mass is 10.0. The summed E-state index contributed by atoms with van der Waals surface area (Å²) >= 11 is 0. The quantitative estimate of drug-likeness (QED) is 0.711. The SMILES string of the molecule is Cn1c(=O)c2[nH]c(N3CCc4ccccc4C3)nc2n(C)c1=O. The van der Waals surface area contributed by atoms with Crippen LogP contribution < -0.4 is 16.1 Å². The van der Waals surface area contributed by atoms with Crippen molar-refractivity contribution in [1.29, 1.82) is 0 Å². The molecule has 0 amide bonds. The number of nitrogens with zero attached hydrogens (tertiary/aromatic N) is 4. The first-order valence-corrected chi connectivity index (χ1v) is 7.53. The predicted octanol–water partition coefficient (Wildman–Crippen LogP) is 0.523. The molecule has 0 fully saturated rings. The molecule has 1 aliphatic rings. The normalized spacial score (nSPS) is 14.3. The Bertz CT molecular complexity index is 1030. The monoisotopic (exact) mass is 311 g/mol. The molecule has 7 nitrogen and oxygen atoms in total. The first kappa shape index (κ1) is 13.8. The van der Waals surface area contributed by atoms with Gasteiger partial charge in [0.1, 0.15) is 0 Å². The molecule has 0 saturated carbocycles. The summed E-state index contributed by atoms with van der Waals surface area (Å²) in [5, 5.41) is 0. The van der Waals surface area contributed by atoms with Crippen molar-refractivity contribution in [1.82, 2.24) is 19.1 Å². The summed E-state index contributed by atoms with van der Waals surface area (Å²) in [4.78, 5) is 34.0. The largest absolute Gasteiger partial charge is 0.338 e. The fourth-order valence-electron chi connectivity index (χ4n) is 3.14. The molecule has 7 heteroatoms. The average Bonchev–Trinajstić information content (AvgIpc) is 3.03. The lowest BCUT2D eigenvalue weighted by molar-refractivity contribution is 0.706. The summed E-state index contributed by atoms with van der Waals surface area (Å²) < 4.78 is 2.49. The number of anilines is 1. The van der Waals surface area contributed by atoms with E-state index in [2.05, 4.69) is 33.1 Å². The number of hydrogen-bond donors (Lipinski definition) is 1. The number of hydrogen-bond acceptors (Lipinski definition) is 4. The van der Waals surface area contributed by atoms with Crippen LogP contribution in [-0.2, 0) is 27.1 Å². The van der Waals surface area contributed by atoms with Crippen LogP contribution in [0, 0.1) is 0 Å². The number of H-pyrrole nitrogens is 1. The highest BCUT2D eigenvalue weighted by Crippen LogP contribution is 2.23. The topological polar surface area (TPSA) is 75.9 Å². The number of aromatic amines is 1. The molecule has 2 aromatic heterocycles. The van der Waals surface area contributed by atoms with Crippen molar-refractivity contribution < 1.29 is 0 Å². The van der Waals surface area contributed by atoms with Crippen LogP contribution in [0.4, 0.5) is 5.95 Å². The molecule has 118 valence electrons. The van der Waals surface area contributed by atoms with Crippen LogP contribution in [-0.4, -0.2) is 25.6 Å². The van der Waals surface area contributed by atoms with Gasteiger partial charge in [0, 0.05) is 27.2 Å². The Morgan fingerprint density at radius 1 is 1.09 bits per heavy atom. The molecule has 0 unspecified atom stereocenters. The van der Waals surface area contributed by atoms with Gasteiger partial charge in [-0.1, -0.05) is 24.3 Å². The molecule has 0 bridgehead atoms. The van der Waals surface area contributed by atoms with Gasteiger partial charge in [-0.25, -0.2) is 4.79 Å². The molecule has 0 spiro atoms. The molecule has 0 radical (unpaired) electrons. The van der Waals surface area contributed by atoms with Gasteiger partial charge in [-0.2, -0.15) is 4.98 Å². The molecule has 0 atom stereocenters. The number of imidazole rings is 1. The molecule has 4 rings (SSSR count). The molecular weight excluding hydrogens is 294 g/mol. The smallest absolute Gasteiger partial charge is 0.332 e. The van der Waals surface area contributed by atoms with E-state index in [1.165, 1.54) is 22.7 Å². The number of aryl methyl sites for hydroxylation is 1. The molecule has 3 heterocycles. The summed E-state index contributed by atoms with van der Waals surface area (Å²) in [6.07, 6.45) is 0.935. The Morgan fingerprint density at radius 2 is 1.83 bits per heavy atom. The minimum absolute atomic E-state index is 0.348. The van der Waals surface area contributed by atoms with E-state index in [-0.39, 0.29) is 11.2 Å². The first-order chi connectivity index (χ1) is 11.1. The molecule has 3 aromatic rings. The zero-order chi connectivity index (χ0) is 16.1.